The molecule has 0 spiro atoms. The van der Waals surface area contributed by atoms with E-state index in [1.165, 1.54) is 0 Å². The lowest BCUT2D eigenvalue weighted by atomic mass is 10.3. The van der Waals surface area contributed by atoms with Crippen LogP contribution in [0.2, 0.25) is 0 Å². The highest BCUT2D eigenvalue weighted by Gasteiger charge is 2.19. The van der Waals surface area contributed by atoms with Gasteiger partial charge in [-0.3, -0.25) is 0 Å². The van der Waals surface area contributed by atoms with Crippen LogP contribution in [0, 0.1) is 0 Å². The fourth-order valence-electron chi connectivity index (χ4n) is 1.12. The number of aliphatic hydroxyl groups is 1. The highest BCUT2D eigenvalue weighted by molar-refractivity contribution is 7.10. The van der Waals surface area contributed by atoms with Gasteiger partial charge in [-0.2, -0.15) is 0 Å². The van der Waals surface area contributed by atoms with Gasteiger partial charge in [0, 0.05) is 0 Å². The van der Waals surface area contributed by atoms with E-state index < -0.39 is 0 Å². The molecule has 2 rings (SSSR count). The first-order valence-electron chi connectivity index (χ1n) is 3.81. The van der Waals surface area contributed by atoms with Gasteiger partial charge in [-0.05, 0) is 17.0 Å². The van der Waals surface area contributed by atoms with Crippen molar-refractivity contribution in [2.45, 2.75) is 12.9 Å². The molecule has 0 atom stereocenters. The van der Waals surface area contributed by atoms with Gasteiger partial charge in [0.05, 0.1) is 24.7 Å². The summed E-state index contributed by atoms with van der Waals surface area (Å²) in [5.41, 5.74) is 0.925. The van der Waals surface area contributed by atoms with Crippen molar-refractivity contribution in [3.05, 3.63) is 21.9 Å². The van der Waals surface area contributed by atoms with Crippen molar-refractivity contribution in [1.29, 1.82) is 0 Å². The zero-order chi connectivity index (χ0) is 8.39. The van der Waals surface area contributed by atoms with Gasteiger partial charge in [0.1, 0.15) is 0 Å². The maximum Gasteiger partial charge on any atom is 0.193 e. The summed E-state index contributed by atoms with van der Waals surface area (Å²) >= 11 is 1.56. The zero-order valence-electron chi connectivity index (χ0n) is 6.53. The Kier molecular flexibility index (Phi) is 2.41. The summed E-state index contributed by atoms with van der Waals surface area (Å²) in [5, 5.41) is 10.7. The maximum absolute atomic E-state index is 8.82. The van der Waals surface area contributed by atoms with Crippen LogP contribution in [0.4, 0.5) is 0 Å². The Hall–Kier alpha value is -0.420. The summed E-state index contributed by atoms with van der Waals surface area (Å²) in [4.78, 5) is 1.04. The molecule has 12 heavy (non-hydrogen) atoms. The van der Waals surface area contributed by atoms with Crippen LogP contribution < -0.4 is 0 Å². The molecule has 3 nitrogen and oxygen atoms in total. The third kappa shape index (κ3) is 1.51. The van der Waals surface area contributed by atoms with E-state index in [1.807, 2.05) is 11.4 Å². The summed E-state index contributed by atoms with van der Waals surface area (Å²) in [6, 6.07) is 1.92. The van der Waals surface area contributed by atoms with Gasteiger partial charge >= 0.3 is 0 Å². The van der Waals surface area contributed by atoms with Gasteiger partial charge in [-0.15, -0.1) is 11.3 Å². The SMILES string of the molecule is OCc1csc(C2OCCO2)c1. The van der Waals surface area contributed by atoms with E-state index >= 15 is 0 Å². The summed E-state index contributed by atoms with van der Waals surface area (Å²) in [6.45, 7) is 1.41. The monoisotopic (exact) mass is 186 g/mol. The molecule has 0 aromatic carbocycles. The van der Waals surface area contributed by atoms with Crippen molar-refractivity contribution in [3.8, 4) is 0 Å². The highest BCUT2D eigenvalue weighted by atomic mass is 32.1. The van der Waals surface area contributed by atoms with Gasteiger partial charge in [0.15, 0.2) is 6.29 Å². The quantitative estimate of drug-likeness (QED) is 0.756. The Morgan fingerprint density at radius 1 is 1.50 bits per heavy atom. The fraction of sp³-hybridized carbons (Fsp3) is 0.500. The van der Waals surface area contributed by atoms with E-state index in [1.54, 1.807) is 11.3 Å². The van der Waals surface area contributed by atoms with Gasteiger partial charge in [-0.25, -0.2) is 0 Å². The van der Waals surface area contributed by atoms with Crippen LogP contribution in [0.1, 0.15) is 16.7 Å². The number of ether oxygens (including phenoxy) is 2. The first-order chi connectivity index (χ1) is 5.90. The van der Waals surface area contributed by atoms with Crippen LogP contribution in [-0.4, -0.2) is 18.3 Å². The van der Waals surface area contributed by atoms with Crippen molar-refractivity contribution in [1.82, 2.24) is 0 Å². The molecular formula is C8H10O3S. The standard InChI is InChI=1S/C8H10O3S/c9-4-6-3-7(12-5-6)8-10-1-2-11-8/h3,5,8-9H,1-2,4H2. The number of aliphatic hydroxyl groups excluding tert-OH is 1. The van der Waals surface area contributed by atoms with Crippen LogP contribution in [0.15, 0.2) is 11.4 Å². The summed E-state index contributed by atoms with van der Waals surface area (Å²) in [7, 11) is 0. The molecule has 1 aliphatic heterocycles. The van der Waals surface area contributed by atoms with E-state index in [0.717, 1.165) is 10.4 Å². The lowest BCUT2D eigenvalue weighted by Gasteiger charge is -2.04. The molecule has 0 unspecified atom stereocenters. The van der Waals surface area contributed by atoms with E-state index in [9.17, 15) is 0 Å². The van der Waals surface area contributed by atoms with E-state index in [2.05, 4.69) is 0 Å². The van der Waals surface area contributed by atoms with Crippen LogP contribution in [-0.2, 0) is 16.1 Å². The molecule has 2 heterocycles. The number of thiophene rings is 1. The zero-order valence-corrected chi connectivity index (χ0v) is 7.34. The maximum atomic E-state index is 8.82. The molecular weight excluding hydrogens is 176 g/mol. The van der Waals surface area contributed by atoms with Gasteiger partial charge in [0.2, 0.25) is 0 Å². The third-order valence-electron chi connectivity index (χ3n) is 1.71. The Labute approximate surface area is 74.5 Å². The number of rotatable bonds is 2. The molecule has 0 amide bonds. The van der Waals surface area contributed by atoms with Gasteiger partial charge < -0.3 is 14.6 Å². The van der Waals surface area contributed by atoms with Crippen molar-refractivity contribution in [3.63, 3.8) is 0 Å². The second kappa shape index (κ2) is 3.53. The average molecular weight is 186 g/mol. The molecule has 0 bridgehead atoms. The van der Waals surface area contributed by atoms with Gasteiger partial charge in [-0.1, -0.05) is 0 Å². The predicted octanol–water partition coefficient (Wildman–Crippen LogP) is 1.29. The lowest BCUT2D eigenvalue weighted by molar-refractivity contribution is -0.0413. The Morgan fingerprint density at radius 2 is 2.25 bits per heavy atom. The molecule has 4 heteroatoms. The van der Waals surface area contributed by atoms with Crippen LogP contribution >= 0.6 is 11.3 Å². The van der Waals surface area contributed by atoms with Gasteiger partial charge in [0.25, 0.3) is 0 Å². The molecule has 1 aromatic heterocycles. The summed E-state index contributed by atoms with van der Waals surface area (Å²) in [6.07, 6.45) is -0.199. The largest absolute Gasteiger partial charge is 0.392 e. The normalized spacial score (nSPS) is 18.8. The van der Waals surface area contributed by atoms with Crippen LogP contribution in [0.25, 0.3) is 0 Å². The van der Waals surface area contributed by atoms with Crippen molar-refractivity contribution in [2.24, 2.45) is 0 Å². The molecule has 0 saturated carbocycles. The molecule has 1 aliphatic rings. The molecule has 1 N–H and O–H groups in total. The molecule has 66 valence electrons. The topological polar surface area (TPSA) is 38.7 Å². The Morgan fingerprint density at radius 3 is 2.83 bits per heavy atom. The highest BCUT2D eigenvalue weighted by Crippen LogP contribution is 2.28. The smallest absolute Gasteiger partial charge is 0.193 e. The minimum atomic E-state index is -0.199. The first-order valence-corrected chi connectivity index (χ1v) is 4.69. The van der Waals surface area contributed by atoms with E-state index in [0.29, 0.717) is 13.2 Å². The minimum Gasteiger partial charge on any atom is -0.392 e. The number of hydrogen-bond donors (Lipinski definition) is 1. The second-order valence-electron chi connectivity index (χ2n) is 2.59. The molecule has 1 saturated heterocycles. The van der Waals surface area contributed by atoms with Crippen molar-refractivity contribution >= 4 is 11.3 Å². The third-order valence-corrected chi connectivity index (χ3v) is 2.71. The van der Waals surface area contributed by atoms with E-state index in [4.69, 9.17) is 14.6 Å². The van der Waals surface area contributed by atoms with Crippen LogP contribution in [0.5, 0.6) is 0 Å². The van der Waals surface area contributed by atoms with Crippen LogP contribution in [0.3, 0.4) is 0 Å². The Balaban J connectivity index is 2.11. The minimum absolute atomic E-state index is 0.0865. The lowest BCUT2D eigenvalue weighted by Crippen LogP contribution is -1.93. The molecule has 0 radical (unpaired) electrons. The average Bonchev–Trinajstić information content (AvgIpc) is 2.75. The summed E-state index contributed by atoms with van der Waals surface area (Å²) in [5.74, 6) is 0. The van der Waals surface area contributed by atoms with Crippen molar-refractivity contribution in [2.75, 3.05) is 13.2 Å². The predicted molar refractivity (Wildman–Crippen MR) is 44.9 cm³/mol. The Bertz CT molecular complexity index is 253. The number of hydrogen-bond acceptors (Lipinski definition) is 4. The fourth-order valence-corrected chi connectivity index (χ4v) is 2.02. The summed E-state index contributed by atoms with van der Waals surface area (Å²) < 4.78 is 10.6. The second-order valence-corrected chi connectivity index (χ2v) is 3.53. The molecule has 1 aromatic rings. The molecule has 1 fully saturated rings. The molecule has 0 aliphatic carbocycles. The van der Waals surface area contributed by atoms with E-state index in [-0.39, 0.29) is 12.9 Å². The first kappa shape index (κ1) is 8.19. The van der Waals surface area contributed by atoms with Crippen molar-refractivity contribution < 1.29 is 14.6 Å².